The zero-order chi connectivity index (χ0) is 18.5. The van der Waals surface area contributed by atoms with E-state index in [1.807, 2.05) is 13.0 Å². The summed E-state index contributed by atoms with van der Waals surface area (Å²) in [5, 5.41) is 0. The largest absolute Gasteiger partial charge is 0.493 e. The molecule has 2 aliphatic carbocycles. The summed E-state index contributed by atoms with van der Waals surface area (Å²) < 4.78 is 25.8. The van der Waals surface area contributed by atoms with Crippen molar-refractivity contribution in [2.24, 2.45) is 23.7 Å². The minimum Gasteiger partial charge on any atom is -0.493 e. The lowest BCUT2D eigenvalue weighted by molar-refractivity contribution is 0.124. The van der Waals surface area contributed by atoms with E-state index in [0.29, 0.717) is 36.2 Å². The van der Waals surface area contributed by atoms with Crippen LogP contribution in [0.3, 0.4) is 0 Å². The normalized spacial score (nSPS) is 29.4. The predicted octanol–water partition coefficient (Wildman–Crippen LogP) is 6.54. The Morgan fingerprint density at radius 3 is 2.08 bits per heavy atom. The third-order valence-electron chi connectivity index (χ3n) is 6.69. The van der Waals surface area contributed by atoms with Crippen molar-refractivity contribution < 1.29 is 13.9 Å². The Labute approximate surface area is 158 Å². The molecule has 1 aromatic carbocycles. The van der Waals surface area contributed by atoms with E-state index in [1.54, 1.807) is 13.0 Å². The average Bonchev–Trinajstić information content (AvgIpc) is 2.66. The van der Waals surface area contributed by atoms with E-state index < -0.39 is 0 Å². The summed E-state index contributed by atoms with van der Waals surface area (Å²) in [6.45, 7) is 7.24. The van der Waals surface area contributed by atoms with Crippen LogP contribution < -0.4 is 9.47 Å². The fraction of sp³-hybridized carbons (Fsp3) is 0.739. The second kappa shape index (κ2) is 9.10. The summed E-state index contributed by atoms with van der Waals surface area (Å²) in [5.41, 5.74) is 0.541. The van der Waals surface area contributed by atoms with Crippen molar-refractivity contribution in [1.82, 2.24) is 0 Å². The monoisotopic (exact) mass is 362 g/mol. The van der Waals surface area contributed by atoms with Gasteiger partial charge in [0.05, 0.1) is 13.2 Å². The van der Waals surface area contributed by atoms with Crippen LogP contribution in [0.1, 0.15) is 70.8 Å². The third kappa shape index (κ3) is 4.72. The molecule has 26 heavy (non-hydrogen) atoms. The van der Waals surface area contributed by atoms with Crippen molar-refractivity contribution in [3.05, 3.63) is 23.5 Å². The van der Waals surface area contributed by atoms with E-state index in [9.17, 15) is 4.39 Å². The van der Waals surface area contributed by atoms with Crippen LogP contribution in [0.15, 0.2) is 12.1 Å². The van der Waals surface area contributed by atoms with Gasteiger partial charge in [-0.2, -0.15) is 0 Å². The smallest absolute Gasteiger partial charge is 0.171 e. The standard InChI is InChI=1S/C23H35FO2/c1-4-25-21-13-14-22(23(24)17(21)3)26-15-18-7-11-20(12-8-18)19-9-5-16(2)6-10-19/h13-14,16,18-20H,4-12,15H2,1-3H3. The molecule has 0 unspecified atom stereocenters. The Balaban J connectivity index is 1.46. The molecule has 0 radical (unpaired) electrons. The van der Waals surface area contributed by atoms with Crippen molar-refractivity contribution in [1.29, 1.82) is 0 Å². The average molecular weight is 363 g/mol. The summed E-state index contributed by atoms with van der Waals surface area (Å²) in [6.07, 6.45) is 10.8. The lowest BCUT2D eigenvalue weighted by Gasteiger charge is -2.37. The highest BCUT2D eigenvalue weighted by molar-refractivity contribution is 5.41. The van der Waals surface area contributed by atoms with Gasteiger partial charge in [0.2, 0.25) is 0 Å². The van der Waals surface area contributed by atoms with Crippen LogP contribution in [-0.2, 0) is 0 Å². The zero-order valence-electron chi connectivity index (χ0n) is 16.7. The van der Waals surface area contributed by atoms with Crippen molar-refractivity contribution in [2.75, 3.05) is 13.2 Å². The molecule has 0 heterocycles. The van der Waals surface area contributed by atoms with E-state index in [-0.39, 0.29) is 5.82 Å². The number of hydrogen-bond acceptors (Lipinski definition) is 2. The van der Waals surface area contributed by atoms with Crippen molar-refractivity contribution in [3.63, 3.8) is 0 Å². The minimum absolute atomic E-state index is 0.277. The number of rotatable bonds is 6. The highest BCUT2D eigenvalue weighted by atomic mass is 19.1. The van der Waals surface area contributed by atoms with Crippen molar-refractivity contribution in [2.45, 2.75) is 72.1 Å². The first-order chi connectivity index (χ1) is 12.6. The molecule has 3 heteroatoms. The van der Waals surface area contributed by atoms with E-state index >= 15 is 0 Å². The second-order valence-electron chi connectivity index (χ2n) is 8.55. The number of ether oxygens (including phenoxy) is 2. The van der Waals surface area contributed by atoms with Gasteiger partial charge in [0.25, 0.3) is 0 Å². The molecule has 2 aliphatic rings. The van der Waals surface area contributed by atoms with E-state index in [0.717, 1.165) is 17.8 Å². The van der Waals surface area contributed by atoms with Crippen LogP contribution in [-0.4, -0.2) is 13.2 Å². The van der Waals surface area contributed by atoms with Gasteiger partial charge in [0.1, 0.15) is 5.75 Å². The van der Waals surface area contributed by atoms with E-state index in [1.165, 1.54) is 51.4 Å². The topological polar surface area (TPSA) is 18.5 Å². The summed E-state index contributed by atoms with van der Waals surface area (Å²) in [6, 6.07) is 3.53. The molecule has 2 nitrogen and oxygen atoms in total. The first-order valence-electron chi connectivity index (χ1n) is 10.6. The Bertz CT molecular complexity index is 570. The number of halogens is 1. The quantitative estimate of drug-likeness (QED) is 0.571. The second-order valence-corrected chi connectivity index (χ2v) is 8.55. The zero-order valence-corrected chi connectivity index (χ0v) is 16.7. The Kier molecular flexibility index (Phi) is 6.83. The molecular weight excluding hydrogens is 327 g/mol. The molecule has 1 aromatic rings. The van der Waals surface area contributed by atoms with Crippen LogP contribution in [0.4, 0.5) is 4.39 Å². The van der Waals surface area contributed by atoms with Gasteiger partial charge >= 0.3 is 0 Å². The van der Waals surface area contributed by atoms with Gasteiger partial charge < -0.3 is 9.47 Å². The van der Waals surface area contributed by atoms with Gasteiger partial charge in [-0.1, -0.05) is 19.8 Å². The molecule has 0 aromatic heterocycles. The van der Waals surface area contributed by atoms with E-state index in [2.05, 4.69) is 6.92 Å². The third-order valence-corrected chi connectivity index (χ3v) is 6.69. The van der Waals surface area contributed by atoms with Crippen LogP contribution in [0.2, 0.25) is 0 Å². The maximum absolute atomic E-state index is 14.5. The summed E-state index contributed by atoms with van der Waals surface area (Å²) in [4.78, 5) is 0. The summed E-state index contributed by atoms with van der Waals surface area (Å²) in [7, 11) is 0. The molecule has 2 fully saturated rings. The molecule has 0 saturated heterocycles. The van der Waals surface area contributed by atoms with Crippen LogP contribution in [0, 0.1) is 36.4 Å². The molecule has 3 rings (SSSR count). The summed E-state index contributed by atoms with van der Waals surface area (Å²) >= 11 is 0. The molecule has 0 spiro atoms. The first kappa shape index (κ1) is 19.5. The fourth-order valence-electron chi connectivity index (χ4n) is 4.86. The molecule has 146 valence electrons. The molecule has 0 amide bonds. The molecule has 0 atom stereocenters. The molecule has 0 bridgehead atoms. The van der Waals surface area contributed by atoms with Gasteiger partial charge in [0, 0.05) is 5.56 Å². The van der Waals surface area contributed by atoms with Crippen LogP contribution in [0.25, 0.3) is 0 Å². The molecular formula is C23H35FO2. The molecule has 2 saturated carbocycles. The molecule has 0 N–H and O–H groups in total. The van der Waals surface area contributed by atoms with Crippen molar-refractivity contribution in [3.8, 4) is 11.5 Å². The SMILES string of the molecule is CCOc1ccc(OCC2CCC(C3CCC(C)CC3)CC2)c(F)c1C. The number of benzene rings is 1. The minimum atomic E-state index is -0.277. The maximum Gasteiger partial charge on any atom is 0.171 e. The highest BCUT2D eigenvalue weighted by Gasteiger charge is 2.30. The predicted molar refractivity (Wildman–Crippen MR) is 104 cm³/mol. The Hall–Kier alpha value is -1.25. The van der Waals surface area contributed by atoms with E-state index in [4.69, 9.17) is 9.47 Å². The highest BCUT2D eigenvalue weighted by Crippen LogP contribution is 2.41. The van der Waals surface area contributed by atoms with Crippen molar-refractivity contribution >= 4 is 0 Å². The van der Waals surface area contributed by atoms with Gasteiger partial charge in [-0.3, -0.25) is 0 Å². The van der Waals surface area contributed by atoms with Crippen LogP contribution in [0.5, 0.6) is 11.5 Å². The summed E-state index contributed by atoms with van der Waals surface area (Å²) in [5.74, 6) is 4.08. The lowest BCUT2D eigenvalue weighted by Crippen LogP contribution is -2.27. The lowest BCUT2D eigenvalue weighted by atomic mass is 9.69. The van der Waals surface area contributed by atoms with Gasteiger partial charge in [-0.05, 0) is 88.2 Å². The number of hydrogen-bond donors (Lipinski definition) is 0. The van der Waals surface area contributed by atoms with Gasteiger partial charge in [0.15, 0.2) is 11.6 Å². The fourth-order valence-corrected chi connectivity index (χ4v) is 4.86. The Morgan fingerprint density at radius 1 is 0.885 bits per heavy atom. The molecule has 0 aliphatic heterocycles. The maximum atomic E-state index is 14.5. The van der Waals surface area contributed by atoms with Gasteiger partial charge in [-0.25, -0.2) is 4.39 Å². The van der Waals surface area contributed by atoms with Crippen LogP contribution >= 0.6 is 0 Å². The Morgan fingerprint density at radius 2 is 1.46 bits per heavy atom. The van der Waals surface area contributed by atoms with Gasteiger partial charge in [-0.15, -0.1) is 0 Å². The first-order valence-corrected chi connectivity index (χ1v) is 10.6.